The average Bonchev–Trinajstić information content (AvgIpc) is 2.71. The zero-order chi connectivity index (χ0) is 13.2. The fourth-order valence-corrected chi connectivity index (χ4v) is 2.83. The van der Waals surface area contributed by atoms with Gasteiger partial charge in [0.15, 0.2) is 0 Å². The van der Waals surface area contributed by atoms with Crippen LogP contribution in [0.3, 0.4) is 0 Å². The number of benzene rings is 1. The van der Waals surface area contributed by atoms with Crippen molar-refractivity contribution in [2.24, 2.45) is 5.84 Å². The molecule has 1 heterocycles. The van der Waals surface area contributed by atoms with E-state index in [1.165, 1.54) is 6.26 Å². The maximum atomic E-state index is 11.2. The quantitative estimate of drug-likeness (QED) is 0.592. The molecule has 1 aromatic rings. The van der Waals surface area contributed by atoms with Crippen LogP contribution < -0.4 is 16.0 Å². The third kappa shape index (κ3) is 3.22. The predicted octanol–water partition coefficient (Wildman–Crippen LogP) is 0.257. The van der Waals surface area contributed by atoms with Crippen LogP contribution >= 0.6 is 0 Å². The summed E-state index contributed by atoms with van der Waals surface area (Å²) in [5, 5.41) is 0. The van der Waals surface area contributed by atoms with Gasteiger partial charge >= 0.3 is 0 Å². The molecule has 1 aromatic carbocycles. The smallest absolute Gasteiger partial charge is 0.147 e. The standard InChI is InChI=1S/C12H18N2O3S/c1-18(15,16)7-6-10(14-13)12-8-9-4-2-3-5-11(9)17-12/h2-5,10,12,14H,6-8,13H2,1H3. The Morgan fingerprint density at radius 3 is 2.83 bits per heavy atom. The van der Waals surface area contributed by atoms with Gasteiger partial charge in [0.25, 0.3) is 0 Å². The number of rotatable bonds is 5. The van der Waals surface area contributed by atoms with Crippen LogP contribution in [0.1, 0.15) is 12.0 Å². The summed E-state index contributed by atoms with van der Waals surface area (Å²) in [4.78, 5) is 0. The first kappa shape index (κ1) is 13.3. The van der Waals surface area contributed by atoms with Crippen molar-refractivity contribution < 1.29 is 13.2 Å². The molecule has 2 atom stereocenters. The topological polar surface area (TPSA) is 81.4 Å². The minimum Gasteiger partial charge on any atom is -0.488 e. The van der Waals surface area contributed by atoms with Crippen LogP contribution in [0.4, 0.5) is 0 Å². The van der Waals surface area contributed by atoms with Crippen molar-refractivity contribution in [2.75, 3.05) is 12.0 Å². The summed E-state index contributed by atoms with van der Waals surface area (Å²) in [6.45, 7) is 0. The van der Waals surface area contributed by atoms with E-state index in [4.69, 9.17) is 10.6 Å². The number of nitrogens with two attached hydrogens (primary N) is 1. The highest BCUT2D eigenvalue weighted by atomic mass is 32.2. The molecule has 0 spiro atoms. The van der Waals surface area contributed by atoms with Crippen LogP contribution in [0, 0.1) is 0 Å². The molecule has 2 unspecified atom stereocenters. The molecule has 0 fully saturated rings. The van der Waals surface area contributed by atoms with Gasteiger partial charge in [0.05, 0.1) is 11.8 Å². The second kappa shape index (κ2) is 5.26. The van der Waals surface area contributed by atoms with Crippen molar-refractivity contribution in [1.82, 2.24) is 5.43 Å². The molecule has 6 heteroatoms. The van der Waals surface area contributed by atoms with E-state index in [9.17, 15) is 8.42 Å². The van der Waals surface area contributed by atoms with E-state index >= 15 is 0 Å². The highest BCUT2D eigenvalue weighted by molar-refractivity contribution is 7.90. The van der Waals surface area contributed by atoms with Gasteiger partial charge in [0, 0.05) is 12.7 Å². The highest BCUT2D eigenvalue weighted by Crippen LogP contribution is 2.30. The Labute approximate surface area is 107 Å². The summed E-state index contributed by atoms with van der Waals surface area (Å²) >= 11 is 0. The Bertz CT molecular complexity index is 491. The molecule has 0 saturated heterocycles. The third-order valence-electron chi connectivity index (χ3n) is 3.13. The Hall–Kier alpha value is -1.11. The molecular weight excluding hydrogens is 252 g/mol. The van der Waals surface area contributed by atoms with Gasteiger partial charge in [-0.2, -0.15) is 0 Å². The van der Waals surface area contributed by atoms with Crippen LogP contribution in [-0.4, -0.2) is 32.6 Å². The summed E-state index contributed by atoms with van der Waals surface area (Å²) < 4.78 is 28.1. The van der Waals surface area contributed by atoms with E-state index in [0.29, 0.717) is 6.42 Å². The van der Waals surface area contributed by atoms with Crippen molar-refractivity contribution in [3.63, 3.8) is 0 Å². The molecule has 0 radical (unpaired) electrons. The summed E-state index contributed by atoms with van der Waals surface area (Å²) in [6, 6.07) is 7.65. The maximum absolute atomic E-state index is 11.2. The molecule has 0 bridgehead atoms. The normalized spacial score (nSPS) is 20.2. The lowest BCUT2D eigenvalue weighted by atomic mass is 10.0. The molecule has 0 aromatic heterocycles. The maximum Gasteiger partial charge on any atom is 0.147 e. The molecule has 18 heavy (non-hydrogen) atoms. The fourth-order valence-electron chi connectivity index (χ4n) is 2.15. The van der Waals surface area contributed by atoms with Gasteiger partial charge < -0.3 is 4.74 Å². The first-order valence-electron chi connectivity index (χ1n) is 5.88. The predicted molar refractivity (Wildman–Crippen MR) is 70.0 cm³/mol. The van der Waals surface area contributed by atoms with E-state index < -0.39 is 9.84 Å². The Morgan fingerprint density at radius 1 is 1.50 bits per heavy atom. The molecule has 3 N–H and O–H groups in total. The van der Waals surface area contributed by atoms with Crippen molar-refractivity contribution in [3.8, 4) is 5.75 Å². The van der Waals surface area contributed by atoms with Gasteiger partial charge in [0.2, 0.25) is 0 Å². The first-order valence-corrected chi connectivity index (χ1v) is 7.94. The average molecular weight is 270 g/mol. The van der Waals surface area contributed by atoms with Gasteiger partial charge in [0.1, 0.15) is 21.7 Å². The molecule has 1 aliphatic heterocycles. The lowest BCUT2D eigenvalue weighted by Crippen LogP contribution is -2.47. The van der Waals surface area contributed by atoms with Crippen LogP contribution in [0.2, 0.25) is 0 Å². The van der Waals surface area contributed by atoms with Crippen molar-refractivity contribution in [3.05, 3.63) is 29.8 Å². The minimum atomic E-state index is -2.98. The second-order valence-corrected chi connectivity index (χ2v) is 6.92. The molecule has 100 valence electrons. The fraction of sp³-hybridized carbons (Fsp3) is 0.500. The van der Waals surface area contributed by atoms with Gasteiger partial charge in [-0.3, -0.25) is 11.3 Å². The zero-order valence-electron chi connectivity index (χ0n) is 10.3. The number of para-hydroxylation sites is 1. The Balaban J connectivity index is 2.00. The first-order chi connectivity index (χ1) is 8.49. The van der Waals surface area contributed by atoms with Crippen molar-refractivity contribution in [2.45, 2.75) is 25.0 Å². The minimum absolute atomic E-state index is 0.103. The van der Waals surface area contributed by atoms with E-state index in [-0.39, 0.29) is 17.9 Å². The monoisotopic (exact) mass is 270 g/mol. The van der Waals surface area contributed by atoms with E-state index in [1.807, 2.05) is 24.3 Å². The number of hydrogen-bond acceptors (Lipinski definition) is 5. The van der Waals surface area contributed by atoms with Crippen LogP contribution in [-0.2, 0) is 16.3 Å². The summed E-state index contributed by atoms with van der Waals surface area (Å²) in [6.07, 6.45) is 2.34. The van der Waals surface area contributed by atoms with Gasteiger partial charge in [-0.05, 0) is 18.1 Å². The molecule has 1 aliphatic rings. The van der Waals surface area contributed by atoms with Crippen molar-refractivity contribution >= 4 is 9.84 Å². The summed E-state index contributed by atoms with van der Waals surface area (Å²) in [5.41, 5.74) is 3.80. The summed E-state index contributed by atoms with van der Waals surface area (Å²) in [5.74, 6) is 6.46. The lowest BCUT2D eigenvalue weighted by molar-refractivity contribution is 0.175. The molecule has 0 aliphatic carbocycles. The number of hydrazine groups is 1. The van der Waals surface area contributed by atoms with Crippen molar-refractivity contribution in [1.29, 1.82) is 0 Å². The number of nitrogens with one attached hydrogen (secondary N) is 1. The van der Waals surface area contributed by atoms with Crippen LogP contribution in [0.5, 0.6) is 5.75 Å². The van der Waals surface area contributed by atoms with Crippen LogP contribution in [0.15, 0.2) is 24.3 Å². The number of sulfone groups is 1. The van der Waals surface area contributed by atoms with E-state index in [1.54, 1.807) is 0 Å². The molecule has 5 nitrogen and oxygen atoms in total. The Morgan fingerprint density at radius 2 is 2.22 bits per heavy atom. The zero-order valence-corrected chi connectivity index (χ0v) is 11.1. The second-order valence-electron chi connectivity index (χ2n) is 4.66. The SMILES string of the molecule is CS(=O)(=O)CCC(NN)C1Cc2ccccc2O1. The third-order valence-corrected chi connectivity index (χ3v) is 4.11. The summed E-state index contributed by atoms with van der Waals surface area (Å²) in [7, 11) is -2.98. The van der Waals surface area contributed by atoms with Gasteiger partial charge in [-0.1, -0.05) is 18.2 Å². The van der Waals surface area contributed by atoms with Crippen LogP contribution in [0.25, 0.3) is 0 Å². The van der Waals surface area contributed by atoms with Gasteiger partial charge in [-0.25, -0.2) is 8.42 Å². The largest absolute Gasteiger partial charge is 0.488 e. The molecule has 0 saturated carbocycles. The van der Waals surface area contributed by atoms with Gasteiger partial charge in [-0.15, -0.1) is 0 Å². The number of ether oxygens (including phenoxy) is 1. The number of fused-ring (bicyclic) bond motifs is 1. The Kier molecular flexibility index (Phi) is 3.89. The van der Waals surface area contributed by atoms with E-state index in [2.05, 4.69) is 5.43 Å². The molecule has 2 rings (SSSR count). The molecular formula is C12H18N2O3S. The molecule has 0 amide bonds. The number of hydrogen-bond donors (Lipinski definition) is 2. The highest BCUT2D eigenvalue weighted by Gasteiger charge is 2.29. The lowest BCUT2D eigenvalue weighted by Gasteiger charge is -2.22. The van der Waals surface area contributed by atoms with E-state index in [0.717, 1.165) is 17.7 Å².